The molecule has 1 atom stereocenters. The van der Waals surface area contributed by atoms with E-state index in [1.54, 1.807) is 27.9 Å². The fourth-order valence-corrected chi connectivity index (χ4v) is 3.61. The first-order chi connectivity index (χ1) is 15.0. The standard InChI is InChI=1S/C23H24FN3O2.C2H6/c1-16-4-5-17(2)21(12-16)23(28)27-10-3-11-29-22(27)15-26-14-19(13-25-26)18-6-8-20(24)9-7-18;1-2/h4-9,12-14,22H,3,10-11,15H2,1-2H3;1-2H3. The monoisotopic (exact) mass is 423 g/mol. The maximum Gasteiger partial charge on any atom is 0.256 e. The van der Waals surface area contributed by atoms with Crippen LogP contribution in [-0.4, -0.2) is 40.0 Å². The summed E-state index contributed by atoms with van der Waals surface area (Å²) in [5, 5.41) is 4.41. The third-order valence-electron chi connectivity index (χ3n) is 5.24. The van der Waals surface area contributed by atoms with Gasteiger partial charge in [0.05, 0.1) is 19.3 Å². The average Bonchev–Trinajstić information content (AvgIpc) is 3.26. The summed E-state index contributed by atoms with van der Waals surface area (Å²) >= 11 is 0. The number of rotatable bonds is 4. The molecule has 164 valence electrons. The van der Waals surface area contributed by atoms with Crippen molar-refractivity contribution < 1.29 is 13.9 Å². The van der Waals surface area contributed by atoms with Gasteiger partial charge in [0, 0.05) is 23.9 Å². The zero-order valence-corrected chi connectivity index (χ0v) is 18.6. The first-order valence-electron chi connectivity index (χ1n) is 10.8. The summed E-state index contributed by atoms with van der Waals surface area (Å²) in [6.07, 6.45) is 4.07. The minimum Gasteiger partial charge on any atom is -0.356 e. The van der Waals surface area contributed by atoms with Gasteiger partial charge in [0.15, 0.2) is 6.23 Å². The van der Waals surface area contributed by atoms with Gasteiger partial charge >= 0.3 is 0 Å². The van der Waals surface area contributed by atoms with Gasteiger partial charge in [-0.15, -0.1) is 0 Å². The lowest BCUT2D eigenvalue weighted by Gasteiger charge is -2.36. The molecule has 4 rings (SSSR count). The van der Waals surface area contributed by atoms with Crippen LogP contribution in [0.3, 0.4) is 0 Å². The van der Waals surface area contributed by atoms with Gasteiger partial charge in [-0.3, -0.25) is 9.48 Å². The molecule has 1 amide bonds. The predicted molar refractivity (Wildman–Crippen MR) is 120 cm³/mol. The van der Waals surface area contributed by atoms with Gasteiger partial charge in [-0.2, -0.15) is 5.10 Å². The Morgan fingerprint density at radius 1 is 1.13 bits per heavy atom. The second-order valence-corrected chi connectivity index (χ2v) is 7.45. The fraction of sp³-hybridized carbons (Fsp3) is 0.360. The lowest BCUT2D eigenvalue weighted by atomic mass is 10.0. The number of benzene rings is 2. The number of hydrogen-bond acceptors (Lipinski definition) is 3. The Morgan fingerprint density at radius 2 is 1.87 bits per heavy atom. The van der Waals surface area contributed by atoms with Crippen molar-refractivity contribution in [3.8, 4) is 11.1 Å². The van der Waals surface area contributed by atoms with Crippen LogP contribution in [0.4, 0.5) is 4.39 Å². The molecule has 5 nitrogen and oxygen atoms in total. The zero-order valence-electron chi connectivity index (χ0n) is 18.6. The van der Waals surface area contributed by atoms with Crippen LogP contribution in [0, 0.1) is 19.7 Å². The molecule has 0 bridgehead atoms. The molecule has 0 N–H and O–H groups in total. The van der Waals surface area contributed by atoms with Crippen molar-refractivity contribution in [3.63, 3.8) is 0 Å². The summed E-state index contributed by atoms with van der Waals surface area (Å²) < 4.78 is 20.9. The largest absolute Gasteiger partial charge is 0.356 e. The molecule has 1 aliphatic heterocycles. The molecule has 0 radical (unpaired) electrons. The third kappa shape index (κ3) is 5.39. The second kappa shape index (κ2) is 10.4. The SMILES string of the molecule is CC.Cc1ccc(C)c(C(=O)N2CCCOC2Cn2cc(-c3ccc(F)cc3)cn2)c1. The van der Waals surface area contributed by atoms with Gasteiger partial charge in [-0.25, -0.2) is 4.39 Å². The van der Waals surface area contributed by atoms with Crippen LogP contribution < -0.4 is 0 Å². The number of hydrogen-bond donors (Lipinski definition) is 0. The molecule has 0 saturated carbocycles. The quantitative estimate of drug-likeness (QED) is 0.578. The summed E-state index contributed by atoms with van der Waals surface area (Å²) in [7, 11) is 0. The smallest absolute Gasteiger partial charge is 0.256 e. The Hall–Kier alpha value is -2.99. The summed E-state index contributed by atoms with van der Waals surface area (Å²) in [5.74, 6) is -0.279. The topological polar surface area (TPSA) is 47.4 Å². The van der Waals surface area contributed by atoms with E-state index < -0.39 is 0 Å². The number of nitrogens with zero attached hydrogens (tertiary/aromatic N) is 3. The Balaban J connectivity index is 0.00000132. The van der Waals surface area contributed by atoms with Crippen molar-refractivity contribution in [2.45, 2.75) is 46.9 Å². The first kappa shape index (κ1) is 22.7. The molecule has 1 aliphatic rings. The lowest BCUT2D eigenvalue weighted by Crippen LogP contribution is -2.48. The highest BCUT2D eigenvalue weighted by molar-refractivity contribution is 5.96. The highest BCUT2D eigenvalue weighted by Crippen LogP contribution is 2.22. The maximum absolute atomic E-state index is 13.2. The van der Waals surface area contributed by atoms with Gasteiger partial charge < -0.3 is 9.64 Å². The Morgan fingerprint density at radius 3 is 2.61 bits per heavy atom. The Labute approximate surface area is 183 Å². The molecule has 2 heterocycles. The molecule has 3 aromatic rings. The molecule has 1 fully saturated rings. The van der Waals surface area contributed by atoms with E-state index >= 15 is 0 Å². The minimum absolute atomic E-state index is 0.0122. The van der Waals surface area contributed by atoms with Crippen molar-refractivity contribution in [2.24, 2.45) is 0 Å². The van der Waals surface area contributed by atoms with E-state index in [1.165, 1.54) is 12.1 Å². The normalized spacial score (nSPS) is 15.9. The minimum atomic E-state index is -0.378. The van der Waals surface area contributed by atoms with E-state index in [1.807, 2.05) is 52.1 Å². The summed E-state index contributed by atoms with van der Waals surface area (Å²) in [6, 6.07) is 12.2. The average molecular weight is 424 g/mol. The van der Waals surface area contributed by atoms with Crippen molar-refractivity contribution >= 4 is 5.91 Å². The number of amides is 1. The number of ether oxygens (including phenoxy) is 1. The van der Waals surface area contributed by atoms with Crippen LogP contribution in [0.25, 0.3) is 11.1 Å². The number of carbonyl (C=O) groups excluding carboxylic acids is 1. The van der Waals surface area contributed by atoms with Crippen molar-refractivity contribution in [3.05, 3.63) is 77.4 Å². The van der Waals surface area contributed by atoms with Crippen LogP contribution in [0.5, 0.6) is 0 Å². The van der Waals surface area contributed by atoms with E-state index in [4.69, 9.17) is 4.74 Å². The van der Waals surface area contributed by atoms with Crippen LogP contribution in [-0.2, 0) is 11.3 Å². The van der Waals surface area contributed by atoms with Gasteiger partial charge in [-0.1, -0.05) is 43.7 Å². The fourth-order valence-electron chi connectivity index (χ4n) is 3.61. The first-order valence-corrected chi connectivity index (χ1v) is 10.8. The molecule has 1 saturated heterocycles. The lowest BCUT2D eigenvalue weighted by molar-refractivity contribution is -0.0861. The Bertz CT molecular complexity index is 1010. The summed E-state index contributed by atoms with van der Waals surface area (Å²) in [5.41, 5.74) is 4.53. The molecule has 31 heavy (non-hydrogen) atoms. The van der Waals surface area contributed by atoms with Crippen LogP contribution >= 0.6 is 0 Å². The molecule has 0 spiro atoms. The number of halogens is 1. The molecule has 1 aromatic heterocycles. The summed E-state index contributed by atoms with van der Waals surface area (Å²) in [6.45, 7) is 9.66. The summed E-state index contributed by atoms with van der Waals surface area (Å²) in [4.78, 5) is 15.0. The van der Waals surface area contributed by atoms with E-state index in [0.29, 0.717) is 25.3 Å². The van der Waals surface area contributed by atoms with Gasteiger partial charge in [0.25, 0.3) is 5.91 Å². The van der Waals surface area contributed by atoms with Crippen LogP contribution in [0.2, 0.25) is 0 Å². The zero-order chi connectivity index (χ0) is 22.4. The van der Waals surface area contributed by atoms with E-state index in [2.05, 4.69) is 5.10 Å². The van der Waals surface area contributed by atoms with Crippen LogP contribution in [0.1, 0.15) is 41.8 Å². The Kier molecular flexibility index (Phi) is 7.58. The highest BCUT2D eigenvalue weighted by atomic mass is 19.1. The maximum atomic E-state index is 13.2. The van der Waals surface area contributed by atoms with Gasteiger partial charge in [0.1, 0.15) is 5.82 Å². The highest BCUT2D eigenvalue weighted by Gasteiger charge is 2.29. The van der Waals surface area contributed by atoms with Gasteiger partial charge in [0.2, 0.25) is 0 Å². The molecule has 6 heteroatoms. The number of aromatic nitrogens is 2. The molecular weight excluding hydrogens is 393 g/mol. The molecule has 0 aliphatic carbocycles. The molecule has 2 aromatic carbocycles. The third-order valence-corrected chi connectivity index (χ3v) is 5.24. The number of carbonyl (C=O) groups is 1. The van der Waals surface area contributed by atoms with Gasteiger partial charge in [-0.05, 0) is 49.6 Å². The number of aryl methyl sites for hydroxylation is 2. The van der Waals surface area contributed by atoms with E-state index in [0.717, 1.165) is 28.7 Å². The second-order valence-electron chi connectivity index (χ2n) is 7.45. The molecular formula is C25H30FN3O2. The predicted octanol–water partition coefficient (Wildman–Crippen LogP) is 5.22. The van der Waals surface area contributed by atoms with E-state index in [9.17, 15) is 9.18 Å². The van der Waals surface area contributed by atoms with E-state index in [-0.39, 0.29) is 18.0 Å². The van der Waals surface area contributed by atoms with Crippen molar-refractivity contribution in [1.82, 2.24) is 14.7 Å². The molecule has 1 unspecified atom stereocenters. The van der Waals surface area contributed by atoms with Crippen molar-refractivity contribution in [2.75, 3.05) is 13.2 Å². The van der Waals surface area contributed by atoms with Crippen LogP contribution in [0.15, 0.2) is 54.9 Å². The van der Waals surface area contributed by atoms with Crippen molar-refractivity contribution in [1.29, 1.82) is 0 Å².